The van der Waals surface area contributed by atoms with Crippen molar-refractivity contribution in [3.05, 3.63) is 0 Å². The number of hydrogen-bond acceptors (Lipinski definition) is 3. The number of nitrogens with zero attached hydrogens (tertiary/aromatic N) is 1. The lowest BCUT2D eigenvalue weighted by Crippen LogP contribution is -2.55. The van der Waals surface area contributed by atoms with Crippen LogP contribution in [0.2, 0.25) is 0 Å². The second-order valence-corrected chi connectivity index (χ2v) is 3.52. The van der Waals surface area contributed by atoms with Crippen LogP contribution in [0.4, 0.5) is 4.79 Å². The molecule has 5 heteroatoms. The maximum atomic E-state index is 10.9. The molecule has 0 saturated carbocycles. The molecular formula is C8H13NO4. The number of carboxylic acid groups (broad SMARTS) is 1. The van der Waals surface area contributed by atoms with Crippen LogP contribution in [0, 0.1) is 0 Å². The molecule has 0 aromatic heterocycles. The Morgan fingerprint density at radius 3 is 3.00 bits per heavy atom. The van der Waals surface area contributed by atoms with E-state index in [1.54, 1.807) is 0 Å². The van der Waals surface area contributed by atoms with Crippen molar-refractivity contribution in [1.29, 1.82) is 0 Å². The molecule has 0 radical (unpaired) electrons. The van der Waals surface area contributed by atoms with Crippen molar-refractivity contribution < 1.29 is 19.4 Å². The van der Waals surface area contributed by atoms with Crippen LogP contribution in [0.15, 0.2) is 0 Å². The quantitative estimate of drug-likeness (QED) is 0.586. The molecule has 0 aliphatic carbocycles. The van der Waals surface area contributed by atoms with Gasteiger partial charge in [0.25, 0.3) is 0 Å². The van der Waals surface area contributed by atoms with E-state index in [-0.39, 0.29) is 18.2 Å². The summed E-state index contributed by atoms with van der Waals surface area (Å²) in [6.07, 6.45) is -0.977. The number of fused-ring (bicyclic) bond motifs is 1. The molecule has 0 bridgehead atoms. The first-order valence-corrected chi connectivity index (χ1v) is 4.41. The molecule has 2 aliphatic rings. The normalized spacial score (nSPS) is 38.8. The van der Waals surface area contributed by atoms with Crippen molar-refractivity contribution in [3.8, 4) is 0 Å². The zero-order valence-corrected chi connectivity index (χ0v) is 7.47. The van der Waals surface area contributed by atoms with Gasteiger partial charge < -0.3 is 14.6 Å². The van der Waals surface area contributed by atoms with Crippen molar-refractivity contribution in [1.82, 2.24) is 4.90 Å². The van der Waals surface area contributed by atoms with Crippen molar-refractivity contribution in [2.75, 3.05) is 19.8 Å². The molecule has 2 aliphatic heterocycles. The summed E-state index contributed by atoms with van der Waals surface area (Å²) in [5, 5.41) is 8.92. The molecule has 0 spiro atoms. The summed E-state index contributed by atoms with van der Waals surface area (Å²) in [4.78, 5) is 12.3. The first kappa shape index (κ1) is 8.77. The maximum absolute atomic E-state index is 10.9. The molecule has 2 fully saturated rings. The molecule has 0 aromatic carbocycles. The Bertz CT molecular complexity index is 220. The minimum absolute atomic E-state index is 0.0287. The lowest BCUT2D eigenvalue weighted by Gasteiger charge is -2.37. The van der Waals surface area contributed by atoms with Crippen LogP contribution in [0.5, 0.6) is 0 Å². The van der Waals surface area contributed by atoms with Gasteiger partial charge in [-0.3, -0.25) is 4.90 Å². The lowest BCUT2D eigenvalue weighted by molar-refractivity contribution is -0.0839. The summed E-state index contributed by atoms with van der Waals surface area (Å²) in [5.41, 5.74) is 0. The van der Waals surface area contributed by atoms with Gasteiger partial charge in [0.2, 0.25) is 0 Å². The minimum Gasteiger partial charge on any atom is -0.465 e. The molecule has 2 heterocycles. The Balaban J connectivity index is 2.12. The molecule has 3 unspecified atom stereocenters. The van der Waals surface area contributed by atoms with Gasteiger partial charge in [0.1, 0.15) is 6.10 Å². The Labute approximate surface area is 76.2 Å². The van der Waals surface area contributed by atoms with E-state index in [1.165, 1.54) is 4.90 Å². The second kappa shape index (κ2) is 3.16. The molecule has 5 nitrogen and oxygen atoms in total. The number of hydrogen-bond donors (Lipinski definition) is 1. The van der Waals surface area contributed by atoms with Gasteiger partial charge >= 0.3 is 6.09 Å². The van der Waals surface area contributed by atoms with E-state index in [1.807, 2.05) is 6.92 Å². The van der Waals surface area contributed by atoms with Gasteiger partial charge in [-0.1, -0.05) is 0 Å². The van der Waals surface area contributed by atoms with Gasteiger partial charge in [0, 0.05) is 0 Å². The summed E-state index contributed by atoms with van der Waals surface area (Å²) in [6, 6.07) is -0.103. The molecular weight excluding hydrogens is 174 g/mol. The van der Waals surface area contributed by atoms with Crippen molar-refractivity contribution in [2.24, 2.45) is 0 Å². The van der Waals surface area contributed by atoms with Crippen molar-refractivity contribution in [2.45, 2.75) is 25.2 Å². The zero-order valence-electron chi connectivity index (χ0n) is 7.47. The fraction of sp³-hybridized carbons (Fsp3) is 0.875. The van der Waals surface area contributed by atoms with E-state index < -0.39 is 6.09 Å². The summed E-state index contributed by atoms with van der Waals surface area (Å²) in [5.74, 6) is 0. The topological polar surface area (TPSA) is 59.0 Å². The number of morpholine rings is 1. The molecule has 1 N–H and O–H groups in total. The summed E-state index contributed by atoms with van der Waals surface area (Å²) in [6.45, 7) is 3.30. The summed E-state index contributed by atoms with van der Waals surface area (Å²) >= 11 is 0. The van der Waals surface area contributed by atoms with Crippen LogP contribution in [0.25, 0.3) is 0 Å². The molecule has 0 aromatic rings. The third-order valence-electron chi connectivity index (χ3n) is 2.51. The highest BCUT2D eigenvalue weighted by molar-refractivity contribution is 5.65. The van der Waals surface area contributed by atoms with Crippen molar-refractivity contribution >= 4 is 6.09 Å². The van der Waals surface area contributed by atoms with E-state index in [4.69, 9.17) is 14.6 Å². The maximum Gasteiger partial charge on any atom is 0.407 e. The third-order valence-corrected chi connectivity index (χ3v) is 2.51. The molecule has 2 saturated heterocycles. The first-order valence-electron chi connectivity index (χ1n) is 4.41. The largest absolute Gasteiger partial charge is 0.465 e. The number of amides is 1. The average Bonchev–Trinajstić information content (AvgIpc) is 2.49. The lowest BCUT2D eigenvalue weighted by atomic mass is 10.1. The average molecular weight is 187 g/mol. The smallest absolute Gasteiger partial charge is 0.407 e. The van der Waals surface area contributed by atoms with E-state index in [9.17, 15) is 4.79 Å². The molecule has 1 amide bonds. The summed E-state index contributed by atoms with van der Waals surface area (Å²) < 4.78 is 10.8. The van der Waals surface area contributed by atoms with Gasteiger partial charge in [0.15, 0.2) is 0 Å². The van der Waals surface area contributed by atoms with E-state index in [0.29, 0.717) is 19.8 Å². The number of carbonyl (C=O) groups is 1. The number of ether oxygens (including phenoxy) is 2. The first-order chi connectivity index (χ1) is 6.18. The van der Waals surface area contributed by atoms with E-state index in [0.717, 1.165) is 0 Å². The highest BCUT2D eigenvalue weighted by atomic mass is 16.6. The van der Waals surface area contributed by atoms with Crippen LogP contribution in [0.3, 0.4) is 0 Å². The van der Waals surface area contributed by atoms with Crippen LogP contribution in [-0.2, 0) is 9.47 Å². The van der Waals surface area contributed by atoms with Gasteiger partial charge in [-0.2, -0.15) is 0 Å². The van der Waals surface area contributed by atoms with Crippen LogP contribution in [-0.4, -0.2) is 54.1 Å². The van der Waals surface area contributed by atoms with Gasteiger partial charge in [0.05, 0.1) is 31.9 Å². The molecule has 74 valence electrons. The van der Waals surface area contributed by atoms with Gasteiger partial charge in [-0.15, -0.1) is 0 Å². The molecule has 13 heavy (non-hydrogen) atoms. The molecule has 2 rings (SSSR count). The Morgan fingerprint density at radius 1 is 1.54 bits per heavy atom. The fourth-order valence-corrected chi connectivity index (χ4v) is 1.92. The third kappa shape index (κ3) is 1.49. The van der Waals surface area contributed by atoms with Crippen LogP contribution >= 0.6 is 0 Å². The Hall–Kier alpha value is -0.810. The molecule has 3 atom stereocenters. The highest BCUT2D eigenvalue weighted by Crippen LogP contribution is 2.23. The second-order valence-electron chi connectivity index (χ2n) is 3.52. The SMILES string of the molecule is CC1CN(C(=O)O)C2COCC2O1. The minimum atomic E-state index is -0.879. The number of rotatable bonds is 0. The van der Waals surface area contributed by atoms with Crippen LogP contribution in [0.1, 0.15) is 6.92 Å². The Kier molecular flexibility index (Phi) is 2.13. The van der Waals surface area contributed by atoms with E-state index in [2.05, 4.69) is 0 Å². The monoisotopic (exact) mass is 187 g/mol. The fourth-order valence-electron chi connectivity index (χ4n) is 1.92. The summed E-state index contributed by atoms with van der Waals surface area (Å²) in [7, 11) is 0. The zero-order chi connectivity index (χ0) is 9.42. The standard InChI is InChI=1S/C8H13NO4/c1-5-2-9(8(10)11)6-3-12-4-7(6)13-5/h5-7H,2-4H2,1H3,(H,10,11). The van der Waals surface area contributed by atoms with Gasteiger partial charge in [-0.05, 0) is 6.92 Å². The predicted octanol–water partition coefficient (Wildman–Crippen LogP) is 0.152. The predicted molar refractivity (Wildman–Crippen MR) is 43.7 cm³/mol. The van der Waals surface area contributed by atoms with Gasteiger partial charge in [-0.25, -0.2) is 4.79 Å². The Morgan fingerprint density at radius 2 is 2.31 bits per heavy atom. The van der Waals surface area contributed by atoms with Crippen molar-refractivity contribution in [3.63, 3.8) is 0 Å². The highest BCUT2D eigenvalue weighted by Gasteiger charge is 2.41. The van der Waals surface area contributed by atoms with Crippen LogP contribution < -0.4 is 0 Å². The van der Waals surface area contributed by atoms with E-state index >= 15 is 0 Å².